The smallest absolute Gasteiger partial charge is 0.137 e. The molecule has 0 aliphatic rings. The number of aromatic hydroxyl groups is 1. The van der Waals surface area contributed by atoms with Crippen molar-refractivity contribution >= 4 is 17.2 Å². The molecule has 0 radical (unpaired) electrons. The van der Waals surface area contributed by atoms with Crippen LogP contribution in [0.25, 0.3) is 5.57 Å². The first kappa shape index (κ1) is 9.14. The number of rotatable bonds is 1. The summed E-state index contributed by atoms with van der Waals surface area (Å²) in [5.41, 5.74) is 2.69. The van der Waals surface area contributed by atoms with Crippen molar-refractivity contribution in [3.05, 3.63) is 34.9 Å². The Labute approximate surface area is 77.3 Å². The number of allylic oxidation sites excluding steroid dienone is 1. The first-order valence-corrected chi connectivity index (χ1v) is 4.05. The van der Waals surface area contributed by atoms with E-state index in [1.54, 1.807) is 6.07 Å². The summed E-state index contributed by atoms with van der Waals surface area (Å²) in [5.74, 6) is 0.154. The first-order valence-electron chi connectivity index (χ1n) is 3.67. The summed E-state index contributed by atoms with van der Waals surface area (Å²) >= 11 is 5.77. The van der Waals surface area contributed by atoms with Crippen molar-refractivity contribution < 1.29 is 5.11 Å². The highest BCUT2D eigenvalue weighted by molar-refractivity contribution is 6.32. The number of hydrogen-bond acceptors (Lipinski definition) is 1. The summed E-state index contributed by atoms with van der Waals surface area (Å²) < 4.78 is 0. The molecule has 1 N–H and O–H groups in total. The first-order chi connectivity index (χ1) is 5.52. The van der Waals surface area contributed by atoms with Gasteiger partial charge >= 0.3 is 0 Å². The van der Waals surface area contributed by atoms with Crippen LogP contribution in [0.1, 0.15) is 18.1 Å². The molecule has 0 spiro atoms. The van der Waals surface area contributed by atoms with E-state index in [4.69, 9.17) is 11.6 Å². The molecule has 1 aromatic carbocycles. The molecule has 2 heteroatoms. The molecule has 0 aromatic heterocycles. The molecule has 0 unspecified atom stereocenters. The molecule has 1 aromatic rings. The van der Waals surface area contributed by atoms with Gasteiger partial charge in [0.2, 0.25) is 0 Å². The van der Waals surface area contributed by atoms with Crippen LogP contribution < -0.4 is 0 Å². The maximum Gasteiger partial charge on any atom is 0.137 e. The molecule has 0 bridgehead atoms. The van der Waals surface area contributed by atoms with E-state index in [9.17, 15) is 5.11 Å². The third-order valence-electron chi connectivity index (χ3n) is 1.75. The fraction of sp³-hybridized carbons (Fsp3) is 0.200. The normalized spacial score (nSPS) is 9.92. The Bertz CT molecular complexity index is 306. The Morgan fingerprint density at radius 2 is 2.08 bits per heavy atom. The predicted molar refractivity (Wildman–Crippen MR) is 52.6 cm³/mol. The SMILES string of the molecule is C=C(C)c1cc(C)c(O)c(Cl)c1. The van der Waals surface area contributed by atoms with Gasteiger partial charge in [-0.1, -0.05) is 23.8 Å². The second-order valence-electron chi connectivity index (χ2n) is 2.90. The van der Waals surface area contributed by atoms with Crippen LogP contribution in [0.3, 0.4) is 0 Å². The van der Waals surface area contributed by atoms with Crippen molar-refractivity contribution in [1.82, 2.24) is 0 Å². The van der Waals surface area contributed by atoms with Gasteiger partial charge in [0.15, 0.2) is 0 Å². The van der Waals surface area contributed by atoms with Crippen LogP contribution in [-0.2, 0) is 0 Å². The maximum atomic E-state index is 9.35. The van der Waals surface area contributed by atoms with Gasteiger partial charge in [-0.15, -0.1) is 0 Å². The zero-order valence-electron chi connectivity index (χ0n) is 7.19. The molecule has 12 heavy (non-hydrogen) atoms. The van der Waals surface area contributed by atoms with Gasteiger partial charge in [0, 0.05) is 0 Å². The molecule has 0 aliphatic heterocycles. The number of hydrogen-bond donors (Lipinski definition) is 1. The Morgan fingerprint density at radius 3 is 2.50 bits per heavy atom. The lowest BCUT2D eigenvalue weighted by Gasteiger charge is -2.05. The Kier molecular flexibility index (Phi) is 2.43. The lowest BCUT2D eigenvalue weighted by atomic mass is 10.1. The molecular weight excluding hydrogens is 172 g/mol. The summed E-state index contributed by atoms with van der Waals surface area (Å²) in [4.78, 5) is 0. The topological polar surface area (TPSA) is 20.2 Å². The second-order valence-corrected chi connectivity index (χ2v) is 3.31. The van der Waals surface area contributed by atoms with Crippen LogP contribution >= 0.6 is 11.6 Å². The summed E-state index contributed by atoms with van der Waals surface area (Å²) in [6, 6.07) is 3.58. The highest BCUT2D eigenvalue weighted by atomic mass is 35.5. The number of phenolic OH excluding ortho intramolecular Hbond substituents is 1. The molecule has 1 nitrogen and oxygen atoms in total. The van der Waals surface area contributed by atoms with Crippen molar-refractivity contribution in [2.45, 2.75) is 13.8 Å². The molecule has 0 saturated carbocycles. The Balaban J connectivity index is 3.31. The van der Waals surface area contributed by atoms with Gasteiger partial charge in [-0.05, 0) is 37.1 Å². The van der Waals surface area contributed by atoms with Crippen molar-refractivity contribution in [2.24, 2.45) is 0 Å². The number of phenols is 1. The zero-order chi connectivity index (χ0) is 9.30. The summed E-state index contributed by atoms with van der Waals surface area (Å²) in [6.07, 6.45) is 0. The van der Waals surface area contributed by atoms with Crippen LogP contribution in [0.5, 0.6) is 5.75 Å². The minimum absolute atomic E-state index is 0.154. The van der Waals surface area contributed by atoms with E-state index in [1.165, 1.54) is 0 Å². The van der Waals surface area contributed by atoms with Crippen LogP contribution in [0.4, 0.5) is 0 Å². The van der Waals surface area contributed by atoms with Gasteiger partial charge in [-0.2, -0.15) is 0 Å². The van der Waals surface area contributed by atoms with E-state index in [0.717, 1.165) is 16.7 Å². The van der Waals surface area contributed by atoms with Crippen LogP contribution in [0, 0.1) is 6.92 Å². The summed E-state index contributed by atoms with van der Waals surface area (Å²) in [6.45, 7) is 7.52. The van der Waals surface area contributed by atoms with E-state index in [0.29, 0.717) is 5.02 Å². The highest BCUT2D eigenvalue weighted by Crippen LogP contribution is 2.30. The van der Waals surface area contributed by atoms with E-state index in [2.05, 4.69) is 6.58 Å². The van der Waals surface area contributed by atoms with Crippen LogP contribution in [0.15, 0.2) is 18.7 Å². The van der Waals surface area contributed by atoms with Crippen molar-refractivity contribution in [2.75, 3.05) is 0 Å². The second kappa shape index (κ2) is 3.20. The van der Waals surface area contributed by atoms with E-state index >= 15 is 0 Å². The van der Waals surface area contributed by atoms with Gasteiger partial charge in [0.25, 0.3) is 0 Å². The quantitative estimate of drug-likeness (QED) is 0.706. The third-order valence-corrected chi connectivity index (χ3v) is 2.03. The summed E-state index contributed by atoms with van der Waals surface area (Å²) in [5, 5.41) is 9.73. The zero-order valence-corrected chi connectivity index (χ0v) is 7.94. The lowest BCUT2D eigenvalue weighted by molar-refractivity contribution is 0.471. The van der Waals surface area contributed by atoms with Crippen LogP contribution in [0.2, 0.25) is 5.02 Å². The predicted octanol–water partition coefficient (Wildman–Crippen LogP) is 3.39. The standard InChI is InChI=1S/C10H11ClO/c1-6(2)8-4-7(3)10(12)9(11)5-8/h4-5,12H,1H2,2-3H3. The Hall–Kier alpha value is -0.950. The molecule has 64 valence electrons. The minimum atomic E-state index is 0.154. The lowest BCUT2D eigenvalue weighted by Crippen LogP contribution is -1.82. The molecule has 0 atom stereocenters. The van der Waals surface area contributed by atoms with E-state index in [1.807, 2.05) is 19.9 Å². The molecule has 0 saturated heterocycles. The number of benzene rings is 1. The number of halogens is 1. The molecule has 0 amide bonds. The molecule has 0 aliphatic carbocycles. The van der Waals surface area contributed by atoms with Gasteiger partial charge < -0.3 is 5.11 Å². The Morgan fingerprint density at radius 1 is 1.50 bits per heavy atom. The van der Waals surface area contributed by atoms with E-state index in [-0.39, 0.29) is 5.75 Å². The fourth-order valence-corrected chi connectivity index (χ4v) is 1.25. The molecule has 1 rings (SSSR count). The minimum Gasteiger partial charge on any atom is -0.506 e. The van der Waals surface area contributed by atoms with Crippen molar-refractivity contribution in [1.29, 1.82) is 0 Å². The number of aryl methyl sites for hydroxylation is 1. The van der Waals surface area contributed by atoms with Gasteiger partial charge in [0.05, 0.1) is 5.02 Å². The molecular formula is C10H11ClO. The molecule has 0 heterocycles. The van der Waals surface area contributed by atoms with Crippen molar-refractivity contribution in [3.63, 3.8) is 0 Å². The van der Waals surface area contributed by atoms with Gasteiger partial charge in [-0.3, -0.25) is 0 Å². The van der Waals surface area contributed by atoms with Crippen molar-refractivity contribution in [3.8, 4) is 5.75 Å². The van der Waals surface area contributed by atoms with Gasteiger partial charge in [0.1, 0.15) is 5.75 Å². The monoisotopic (exact) mass is 182 g/mol. The average molecular weight is 183 g/mol. The average Bonchev–Trinajstić information content (AvgIpc) is 1.99. The maximum absolute atomic E-state index is 9.35. The largest absolute Gasteiger partial charge is 0.506 e. The van der Waals surface area contributed by atoms with E-state index < -0.39 is 0 Å². The van der Waals surface area contributed by atoms with Gasteiger partial charge in [-0.25, -0.2) is 0 Å². The highest BCUT2D eigenvalue weighted by Gasteiger charge is 2.04. The molecule has 0 fully saturated rings. The fourth-order valence-electron chi connectivity index (χ4n) is 0.983. The van der Waals surface area contributed by atoms with Crippen LogP contribution in [-0.4, -0.2) is 5.11 Å². The summed E-state index contributed by atoms with van der Waals surface area (Å²) in [7, 11) is 0. The third kappa shape index (κ3) is 1.62.